The summed E-state index contributed by atoms with van der Waals surface area (Å²) in [5, 5.41) is 6.80. The molecule has 0 saturated heterocycles. The summed E-state index contributed by atoms with van der Waals surface area (Å²) < 4.78 is 18.8. The van der Waals surface area contributed by atoms with Gasteiger partial charge in [-0.3, -0.25) is 0 Å². The number of benzene rings is 2. The summed E-state index contributed by atoms with van der Waals surface area (Å²) in [6, 6.07) is 12.4. The Morgan fingerprint density at radius 1 is 1.27 bits per heavy atom. The van der Waals surface area contributed by atoms with E-state index in [9.17, 15) is 4.39 Å². The van der Waals surface area contributed by atoms with E-state index in [2.05, 4.69) is 10.6 Å². The van der Waals surface area contributed by atoms with Crippen molar-refractivity contribution in [2.45, 2.75) is 12.5 Å². The highest BCUT2D eigenvalue weighted by atomic mass is 35.5. The van der Waals surface area contributed by atoms with Crippen LogP contribution in [0.5, 0.6) is 5.75 Å². The Kier molecular flexibility index (Phi) is 4.45. The van der Waals surface area contributed by atoms with E-state index in [1.54, 1.807) is 6.07 Å². The molecule has 0 saturated carbocycles. The number of hydrogen-bond acceptors (Lipinski definition) is 2. The van der Waals surface area contributed by atoms with Crippen LogP contribution in [0.3, 0.4) is 0 Å². The van der Waals surface area contributed by atoms with Crippen molar-refractivity contribution in [2.24, 2.45) is 0 Å². The van der Waals surface area contributed by atoms with Crippen LogP contribution in [-0.2, 0) is 0 Å². The smallest absolute Gasteiger partial charge is 0.171 e. The van der Waals surface area contributed by atoms with Gasteiger partial charge in [0.1, 0.15) is 11.6 Å². The molecule has 0 spiro atoms. The third-order valence-corrected chi connectivity index (χ3v) is 3.95. The van der Waals surface area contributed by atoms with Crippen LogP contribution in [0.2, 0.25) is 5.02 Å². The quantitative estimate of drug-likeness (QED) is 0.802. The number of anilines is 1. The molecule has 0 bridgehead atoms. The molecule has 0 aromatic heterocycles. The summed E-state index contributed by atoms with van der Waals surface area (Å²) in [5.41, 5.74) is 1.72. The zero-order valence-electron chi connectivity index (χ0n) is 11.6. The third kappa shape index (κ3) is 3.31. The maximum Gasteiger partial charge on any atom is 0.171 e. The molecule has 1 aliphatic heterocycles. The Labute approximate surface area is 138 Å². The first-order chi connectivity index (χ1) is 10.6. The minimum Gasteiger partial charge on any atom is -0.493 e. The highest BCUT2D eigenvalue weighted by molar-refractivity contribution is 7.80. The van der Waals surface area contributed by atoms with E-state index in [1.165, 1.54) is 12.1 Å². The summed E-state index contributed by atoms with van der Waals surface area (Å²) in [6.07, 6.45) is 0.822. The Morgan fingerprint density at radius 2 is 2.09 bits per heavy atom. The molecule has 2 N–H and O–H groups in total. The number of fused-ring (bicyclic) bond motifs is 1. The summed E-state index contributed by atoms with van der Waals surface area (Å²) in [7, 11) is 0. The van der Waals surface area contributed by atoms with E-state index in [4.69, 9.17) is 28.6 Å². The number of rotatable bonds is 2. The predicted molar refractivity (Wildman–Crippen MR) is 90.1 cm³/mol. The summed E-state index contributed by atoms with van der Waals surface area (Å²) in [6.45, 7) is 0.639. The van der Waals surface area contributed by atoms with E-state index in [0.717, 1.165) is 17.7 Å². The lowest BCUT2D eigenvalue weighted by Crippen LogP contribution is -2.35. The Bertz CT molecular complexity index is 710. The molecule has 0 amide bonds. The molecule has 1 heterocycles. The standard InChI is InChI=1S/C16H14ClFN2OS/c17-12-9-10(5-6-13(12)18)19-16(22)20-14-7-8-21-15-4-2-1-3-11(14)15/h1-6,9,14H,7-8H2,(H2,19,20,22). The van der Waals surface area contributed by atoms with Crippen LogP contribution >= 0.6 is 23.8 Å². The van der Waals surface area contributed by atoms with E-state index in [0.29, 0.717) is 17.4 Å². The number of thiocarbonyl (C=S) groups is 1. The molecular weight excluding hydrogens is 323 g/mol. The second-order valence-electron chi connectivity index (χ2n) is 4.95. The first-order valence-electron chi connectivity index (χ1n) is 6.88. The van der Waals surface area contributed by atoms with Crippen molar-refractivity contribution in [2.75, 3.05) is 11.9 Å². The number of nitrogens with one attached hydrogen (secondary N) is 2. The van der Waals surface area contributed by atoms with Crippen molar-refractivity contribution in [1.29, 1.82) is 0 Å². The molecule has 1 atom stereocenters. The molecule has 3 nitrogen and oxygen atoms in total. The van der Waals surface area contributed by atoms with Crippen LogP contribution in [0, 0.1) is 5.82 Å². The van der Waals surface area contributed by atoms with Crippen LogP contribution < -0.4 is 15.4 Å². The van der Waals surface area contributed by atoms with Gasteiger partial charge >= 0.3 is 0 Å². The van der Waals surface area contributed by atoms with Gasteiger partial charge in [-0.15, -0.1) is 0 Å². The van der Waals surface area contributed by atoms with Gasteiger partial charge in [-0.25, -0.2) is 4.39 Å². The van der Waals surface area contributed by atoms with Crippen LogP contribution in [0.1, 0.15) is 18.0 Å². The summed E-state index contributed by atoms with van der Waals surface area (Å²) in [5.74, 6) is 0.420. The maximum absolute atomic E-state index is 13.2. The molecule has 3 rings (SSSR count). The Morgan fingerprint density at radius 3 is 2.91 bits per heavy atom. The molecule has 2 aromatic rings. The van der Waals surface area contributed by atoms with Gasteiger partial charge in [0.15, 0.2) is 5.11 Å². The molecule has 22 heavy (non-hydrogen) atoms. The average molecular weight is 337 g/mol. The highest BCUT2D eigenvalue weighted by Crippen LogP contribution is 2.31. The van der Waals surface area contributed by atoms with Crippen LogP contribution in [0.15, 0.2) is 42.5 Å². The van der Waals surface area contributed by atoms with Crippen LogP contribution in [-0.4, -0.2) is 11.7 Å². The first kappa shape index (κ1) is 15.1. The largest absolute Gasteiger partial charge is 0.493 e. The summed E-state index contributed by atoms with van der Waals surface area (Å²) >= 11 is 11.1. The number of hydrogen-bond donors (Lipinski definition) is 2. The normalized spacial score (nSPS) is 16.4. The van der Waals surface area contributed by atoms with E-state index in [1.807, 2.05) is 24.3 Å². The first-order valence-corrected chi connectivity index (χ1v) is 7.66. The number of halogens is 2. The highest BCUT2D eigenvalue weighted by Gasteiger charge is 2.21. The molecule has 2 aromatic carbocycles. The van der Waals surface area contributed by atoms with Gasteiger partial charge in [-0.05, 0) is 36.5 Å². The van der Waals surface area contributed by atoms with Crippen molar-refractivity contribution >= 4 is 34.6 Å². The molecule has 0 aliphatic carbocycles. The van der Waals surface area contributed by atoms with Gasteiger partial charge in [-0.2, -0.15) is 0 Å². The lowest BCUT2D eigenvalue weighted by Gasteiger charge is -2.27. The molecule has 0 radical (unpaired) electrons. The lowest BCUT2D eigenvalue weighted by molar-refractivity contribution is 0.262. The van der Waals surface area contributed by atoms with Gasteiger partial charge < -0.3 is 15.4 Å². The molecule has 1 aliphatic rings. The molecule has 6 heteroatoms. The fourth-order valence-corrected chi connectivity index (χ4v) is 2.83. The minimum absolute atomic E-state index is 0.0595. The van der Waals surface area contributed by atoms with Gasteiger partial charge in [0, 0.05) is 17.7 Å². The Balaban J connectivity index is 1.69. The molecule has 1 unspecified atom stereocenters. The topological polar surface area (TPSA) is 33.3 Å². The monoisotopic (exact) mass is 336 g/mol. The van der Waals surface area contributed by atoms with Crippen molar-refractivity contribution in [3.8, 4) is 5.75 Å². The maximum atomic E-state index is 13.2. The van der Waals surface area contributed by atoms with Crippen molar-refractivity contribution in [3.63, 3.8) is 0 Å². The second kappa shape index (κ2) is 6.50. The van der Waals surface area contributed by atoms with Gasteiger partial charge in [0.2, 0.25) is 0 Å². The van der Waals surface area contributed by atoms with Gasteiger partial charge in [-0.1, -0.05) is 29.8 Å². The summed E-state index contributed by atoms with van der Waals surface area (Å²) in [4.78, 5) is 0. The van der Waals surface area contributed by atoms with Crippen molar-refractivity contribution < 1.29 is 9.13 Å². The Hall–Kier alpha value is -1.85. The third-order valence-electron chi connectivity index (χ3n) is 3.44. The van der Waals surface area contributed by atoms with E-state index < -0.39 is 5.82 Å². The molecular formula is C16H14ClFN2OS. The van der Waals surface area contributed by atoms with Crippen molar-refractivity contribution in [3.05, 3.63) is 58.9 Å². The zero-order valence-corrected chi connectivity index (χ0v) is 13.2. The SMILES string of the molecule is Fc1ccc(NC(=S)NC2CCOc3ccccc32)cc1Cl. The van der Waals surface area contributed by atoms with Gasteiger partial charge in [0.05, 0.1) is 17.7 Å². The van der Waals surface area contributed by atoms with E-state index in [-0.39, 0.29) is 11.1 Å². The van der Waals surface area contributed by atoms with Crippen LogP contribution in [0.25, 0.3) is 0 Å². The van der Waals surface area contributed by atoms with Crippen LogP contribution in [0.4, 0.5) is 10.1 Å². The fourth-order valence-electron chi connectivity index (χ4n) is 2.39. The predicted octanol–water partition coefficient (Wildman–Crippen LogP) is 4.29. The average Bonchev–Trinajstić information content (AvgIpc) is 2.51. The second-order valence-corrected chi connectivity index (χ2v) is 5.77. The van der Waals surface area contributed by atoms with E-state index >= 15 is 0 Å². The molecule has 114 valence electrons. The molecule has 0 fully saturated rings. The number of para-hydroxylation sites is 1. The van der Waals surface area contributed by atoms with Gasteiger partial charge in [0.25, 0.3) is 0 Å². The fraction of sp³-hybridized carbons (Fsp3) is 0.188. The minimum atomic E-state index is -0.454. The lowest BCUT2D eigenvalue weighted by atomic mass is 10.0. The van der Waals surface area contributed by atoms with Crippen molar-refractivity contribution in [1.82, 2.24) is 5.32 Å². The number of ether oxygens (including phenoxy) is 1. The zero-order chi connectivity index (χ0) is 15.5.